The summed E-state index contributed by atoms with van der Waals surface area (Å²) in [5.41, 5.74) is 14.0. The van der Waals surface area contributed by atoms with Crippen LogP contribution in [0.25, 0.3) is 72.5 Å². The lowest BCUT2D eigenvalue weighted by Crippen LogP contribution is -1.97. The summed E-state index contributed by atoms with van der Waals surface area (Å²) in [4.78, 5) is 14.7. The van der Waals surface area contributed by atoms with E-state index in [0.717, 1.165) is 63.2 Å². The maximum atomic E-state index is 5.19. The monoisotopic (exact) mass is 655 g/mol. The maximum Gasteiger partial charge on any atom is 0.160 e. The average Bonchev–Trinajstić information content (AvgIpc) is 3.21. The molecule has 2 aromatic heterocycles. The summed E-state index contributed by atoms with van der Waals surface area (Å²) >= 11 is 0. The van der Waals surface area contributed by atoms with Gasteiger partial charge in [0.25, 0.3) is 0 Å². The van der Waals surface area contributed by atoms with Gasteiger partial charge in [0.1, 0.15) is 0 Å². The van der Waals surface area contributed by atoms with Crippen LogP contribution in [-0.4, -0.2) is 15.0 Å². The molecule has 0 N–H and O–H groups in total. The van der Waals surface area contributed by atoms with Gasteiger partial charge in [0.15, 0.2) is 5.82 Å². The van der Waals surface area contributed by atoms with E-state index in [-0.39, 0.29) is 0 Å². The number of benzene rings is 5. The summed E-state index contributed by atoms with van der Waals surface area (Å²) < 4.78 is 0. The fraction of sp³-hybridized carbons (Fsp3) is 0.0625. The Morgan fingerprint density at radius 2 is 1.33 bits per heavy atom. The fourth-order valence-electron chi connectivity index (χ4n) is 6.76. The van der Waals surface area contributed by atoms with Crippen molar-refractivity contribution >= 4 is 16.3 Å². The van der Waals surface area contributed by atoms with Crippen molar-refractivity contribution in [2.24, 2.45) is 0 Å². The Hall–Kier alpha value is -6.45. The van der Waals surface area contributed by atoms with Crippen LogP contribution in [0.3, 0.4) is 0 Å². The minimum Gasteiger partial charge on any atom is -0.264 e. The third-order valence-corrected chi connectivity index (χ3v) is 9.58. The van der Waals surface area contributed by atoms with Gasteiger partial charge in [-0.25, -0.2) is 9.97 Å². The zero-order chi connectivity index (χ0) is 34.6. The summed E-state index contributed by atoms with van der Waals surface area (Å²) in [7, 11) is 0. The number of allylic oxidation sites excluding steroid dienone is 7. The van der Waals surface area contributed by atoms with Gasteiger partial charge in [-0.1, -0.05) is 140 Å². The maximum absolute atomic E-state index is 5.19. The summed E-state index contributed by atoms with van der Waals surface area (Å²) in [6.07, 6.45) is 14.6. The van der Waals surface area contributed by atoms with Gasteiger partial charge >= 0.3 is 0 Å². The molecule has 0 atom stereocenters. The summed E-state index contributed by atoms with van der Waals surface area (Å²) in [5, 5.41) is 2.44. The highest BCUT2D eigenvalue weighted by atomic mass is 14.9. The highest BCUT2D eigenvalue weighted by molar-refractivity contribution is 5.97. The number of aromatic nitrogens is 3. The number of fused-ring (bicyclic) bond motifs is 1. The molecule has 0 radical (unpaired) electrons. The molecule has 51 heavy (non-hydrogen) atoms. The Morgan fingerprint density at radius 3 is 2.08 bits per heavy atom. The van der Waals surface area contributed by atoms with E-state index in [9.17, 15) is 0 Å². The molecular formula is C48H37N3. The Bertz CT molecular complexity index is 2460. The molecule has 3 nitrogen and oxygen atoms in total. The van der Waals surface area contributed by atoms with E-state index in [1.807, 2.05) is 12.3 Å². The molecule has 3 heteroatoms. The van der Waals surface area contributed by atoms with Crippen LogP contribution < -0.4 is 0 Å². The molecule has 0 bridgehead atoms. The molecule has 1 aliphatic carbocycles. The molecule has 5 aromatic carbocycles. The Morgan fingerprint density at radius 1 is 0.647 bits per heavy atom. The minimum absolute atomic E-state index is 0.687. The number of rotatable bonds is 7. The zero-order valence-corrected chi connectivity index (χ0v) is 28.6. The third kappa shape index (κ3) is 6.75. The topological polar surface area (TPSA) is 38.7 Å². The van der Waals surface area contributed by atoms with E-state index in [4.69, 9.17) is 9.97 Å². The predicted molar refractivity (Wildman–Crippen MR) is 214 cm³/mol. The first-order chi connectivity index (χ1) is 25.1. The molecule has 2 heterocycles. The van der Waals surface area contributed by atoms with Gasteiger partial charge < -0.3 is 0 Å². The lowest BCUT2D eigenvalue weighted by Gasteiger charge is -2.13. The SMILES string of the molecule is C=C1CCC=C/C1=C/C(=C\C)c1ccc(-c2cc(-c3ccc(-c4cccnc4)cc3)nc(-c3cccc(-c4cccc5ccccc45)c3)n2)cc1. The molecule has 7 aromatic rings. The van der Waals surface area contributed by atoms with Crippen LogP contribution in [0.2, 0.25) is 0 Å². The molecule has 0 amide bonds. The van der Waals surface area contributed by atoms with E-state index in [0.29, 0.717) is 5.82 Å². The molecular weight excluding hydrogens is 619 g/mol. The highest BCUT2D eigenvalue weighted by Crippen LogP contribution is 2.34. The molecule has 0 unspecified atom stereocenters. The number of pyridine rings is 1. The lowest BCUT2D eigenvalue weighted by molar-refractivity contribution is 0.973. The first-order valence-electron chi connectivity index (χ1n) is 17.4. The zero-order valence-electron chi connectivity index (χ0n) is 28.6. The van der Waals surface area contributed by atoms with Crippen LogP contribution in [0, 0.1) is 0 Å². The Kier molecular flexibility index (Phi) is 8.84. The van der Waals surface area contributed by atoms with Crippen LogP contribution in [-0.2, 0) is 0 Å². The number of nitrogens with zero attached hydrogens (tertiary/aromatic N) is 3. The van der Waals surface area contributed by atoms with Crippen LogP contribution in [0.4, 0.5) is 0 Å². The Balaban J connectivity index is 1.20. The molecule has 0 spiro atoms. The van der Waals surface area contributed by atoms with Crippen molar-refractivity contribution in [3.05, 3.63) is 193 Å². The van der Waals surface area contributed by atoms with Crippen molar-refractivity contribution in [2.75, 3.05) is 0 Å². The normalized spacial score (nSPS) is 13.9. The van der Waals surface area contributed by atoms with Crippen LogP contribution >= 0.6 is 0 Å². The van der Waals surface area contributed by atoms with Crippen molar-refractivity contribution in [3.63, 3.8) is 0 Å². The van der Waals surface area contributed by atoms with Crippen molar-refractivity contribution in [1.29, 1.82) is 0 Å². The molecule has 0 aliphatic heterocycles. The number of hydrogen-bond donors (Lipinski definition) is 0. The highest BCUT2D eigenvalue weighted by Gasteiger charge is 2.14. The first-order valence-corrected chi connectivity index (χ1v) is 17.4. The quantitative estimate of drug-likeness (QED) is 0.171. The van der Waals surface area contributed by atoms with Gasteiger partial charge in [-0.2, -0.15) is 0 Å². The first kappa shape index (κ1) is 31.8. The van der Waals surface area contributed by atoms with E-state index < -0.39 is 0 Å². The van der Waals surface area contributed by atoms with Crippen molar-refractivity contribution in [3.8, 4) is 56.2 Å². The standard InChI is InChI=1S/C48H37N3/c1-3-34(29-40-13-5-4-11-33(40)2)35-20-24-38(25-21-35)46-31-47(39-26-22-36(23-27-39)43-17-10-28-49-32-43)51-48(50-46)42-16-8-15-41(30-42)45-19-9-14-37-12-6-7-18-44(37)45/h3,5-10,12-32H,2,4,11H2,1H3/b34-3+,40-29-. The van der Waals surface area contributed by atoms with Crippen molar-refractivity contribution < 1.29 is 0 Å². The molecule has 1 aliphatic rings. The second kappa shape index (κ2) is 14.2. The third-order valence-electron chi connectivity index (χ3n) is 9.58. The average molecular weight is 656 g/mol. The van der Waals surface area contributed by atoms with E-state index >= 15 is 0 Å². The smallest absolute Gasteiger partial charge is 0.160 e. The van der Waals surface area contributed by atoms with Gasteiger partial charge in [0.05, 0.1) is 11.4 Å². The van der Waals surface area contributed by atoms with Crippen LogP contribution in [0.15, 0.2) is 188 Å². The number of hydrogen-bond acceptors (Lipinski definition) is 3. The summed E-state index contributed by atoms with van der Waals surface area (Å²) in [5.74, 6) is 0.687. The van der Waals surface area contributed by atoms with Gasteiger partial charge in [-0.15, -0.1) is 0 Å². The van der Waals surface area contributed by atoms with Gasteiger partial charge in [0, 0.05) is 29.1 Å². The van der Waals surface area contributed by atoms with Crippen molar-refractivity contribution in [1.82, 2.24) is 15.0 Å². The van der Waals surface area contributed by atoms with Gasteiger partial charge in [0.2, 0.25) is 0 Å². The van der Waals surface area contributed by atoms with Gasteiger partial charge in [-0.05, 0) is 99.3 Å². The van der Waals surface area contributed by atoms with E-state index in [1.165, 1.54) is 33.1 Å². The minimum atomic E-state index is 0.687. The molecule has 244 valence electrons. The predicted octanol–water partition coefficient (Wildman–Crippen LogP) is 12.6. The molecule has 0 fully saturated rings. The van der Waals surface area contributed by atoms with E-state index in [2.05, 4.69) is 170 Å². The van der Waals surface area contributed by atoms with Crippen LogP contribution in [0.1, 0.15) is 25.3 Å². The van der Waals surface area contributed by atoms with Crippen molar-refractivity contribution in [2.45, 2.75) is 19.8 Å². The molecule has 0 saturated carbocycles. The summed E-state index contributed by atoms with van der Waals surface area (Å²) in [6.45, 7) is 6.38. The Labute approximate surface area is 299 Å². The van der Waals surface area contributed by atoms with Crippen LogP contribution in [0.5, 0.6) is 0 Å². The fourth-order valence-corrected chi connectivity index (χ4v) is 6.76. The van der Waals surface area contributed by atoms with E-state index in [1.54, 1.807) is 6.20 Å². The molecule has 0 saturated heterocycles. The summed E-state index contributed by atoms with van der Waals surface area (Å²) in [6, 6.07) is 46.9. The molecule has 8 rings (SSSR count). The second-order valence-corrected chi connectivity index (χ2v) is 12.9. The largest absolute Gasteiger partial charge is 0.264 e. The van der Waals surface area contributed by atoms with Gasteiger partial charge in [-0.3, -0.25) is 4.98 Å². The lowest BCUT2D eigenvalue weighted by atomic mass is 9.93. The second-order valence-electron chi connectivity index (χ2n) is 12.9.